The summed E-state index contributed by atoms with van der Waals surface area (Å²) in [6, 6.07) is 0. The van der Waals surface area contributed by atoms with Gasteiger partial charge in [0.15, 0.2) is 0 Å². The Labute approximate surface area is 140 Å². The number of hydrogen-bond donors (Lipinski definition) is 0. The molecule has 0 bridgehead atoms. The van der Waals surface area contributed by atoms with Gasteiger partial charge in [0, 0.05) is 51.4 Å². The molecule has 0 aromatic carbocycles. The first-order chi connectivity index (χ1) is 11.5. The zero-order valence-electron chi connectivity index (χ0n) is 13.6. The Morgan fingerprint density at radius 3 is 2.75 bits per heavy atom. The number of piperidine rings is 1. The predicted octanol–water partition coefficient (Wildman–Crippen LogP) is 2.34. The van der Waals surface area contributed by atoms with Crippen molar-refractivity contribution in [1.82, 2.24) is 14.9 Å². The van der Waals surface area contributed by atoms with Crippen LogP contribution in [0.1, 0.15) is 32.1 Å². The number of hydrogen-bond acceptors (Lipinski definition) is 4. The average molecular weight is 336 g/mol. The Morgan fingerprint density at radius 2 is 2.04 bits per heavy atom. The minimum absolute atomic E-state index is 0.0466. The molecule has 0 radical (unpaired) electrons. The fraction of sp³-hybridized carbons (Fsp3) is 0.706. The van der Waals surface area contributed by atoms with Crippen LogP contribution in [0.15, 0.2) is 18.6 Å². The van der Waals surface area contributed by atoms with Crippen LogP contribution >= 0.6 is 0 Å². The van der Waals surface area contributed by atoms with Gasteiger partial charge in [0.25, 0.3) is 5.92 Å². The quantitative estimate of drug-likeness (QED) is 0.850. The molecule has 130 valence electrons. The number of anilines is 1. The first-order valence-electron chi connectivity index (χ1n) is 8.66. The van der Waals surface area contributed by atoms with E-state index in [1.807, 2.05) is 4.90 Å². The third-order valence-electron chi connectivity index (χ3n) is 5.71. The minimum Gasteiger partial charge on any atom is -0.354 e. The fourth-order valence-corrected chi connectivity index (χ4v) is 3.96. The molecule has 2 aliphatic heterocycles. The summed E-state index contributed by atoms with van der Waals surface area (Å²) in [6.07, 6.45) is 7.61. The number of aromatic nitrogens is 2. The lowest BCUT2D eigenvalue weighted by molar-refractivity contribution is -0.169. The topological polar surface area (TPSA) is 49.3 Å². The van der Waals surface area contributed by atoms with Crippen LogP contribution < -0.4 is 4.90 Å². The van der Waals surface area contributed by atoms with Crippen LogP contribution in [0.2, 0.25) is 0 Å². The highest BCUT2D eigenvalue weighted by atomic mass is 19.3. The summed E-state index contributed by atoms with van der Waals surface area (Å²) < 4.78 is 29.5. The first kappa shape index (κ1) is 15.7. The minimum atomic E-state index is -2.75. The molecular weight excluding hydrogens is 314 g/mol. The van der Waals surface area contributed by atoms with Crippen LogP contribution in [0.3, 0.4) is 0 Å². The van der Waals surface area contributed by atoms with E-state index in [0.717, 1.165) is 12.8 Å². The van der Waals surface area contributed by atoms with Crippen LogP contribution in [-0.2, 0) is 4.79 Å². The molecule has 1 aliphatic carbocycles. The van der Waals surface area contributed by atoms with Crippen LogP contribution in [0, 0.1) is 11.3 Å². The Balaban J connectivity index is 1.51. The summed E-state index contributed by atoms with van der Waals surface area (Å²) in [5.41, 5.74) is -1.16. The number of carbonyl (C=O) groups excluding carboxylic acids is 1. The zero-order valence-corrected chi connectivity index (χ0v) is 13.6. The summed E-state index contributed by atoms with van der Waals surface area (Å²) in [4.78, 5) is 24.2. The largest absolute Gasteiger partial charge is 0.354 e. The zero-order chi connectivity index (χ0) is 16.8. The molecule has 3 heterocycles. The van der Waals surface area contributed by atoms with Crippen molar-refractivity contribution in [3.05, 3.63) is 18.6 Å². The Bertz CT molecular complexity index is 622. The van der Waals surface area contributed by atoms with Crippen LogP contribution in [0.25, 0.3) is 0 Å². The van der Waals surface area contributed by atoms with E-state index >= 15 is 0 Å². The van der Waals surface area contributed by atoms with Gasteiger partial charge in [-0.2, -0.15) is 0 Å². The maximum absolute atomic E-state index is 14.8. The number of amides is 1. The standard InChI is InChI=1S/C17H22F2N4O/c18-17(19)4-8-23(15(24)9-13-1-2-13)12-16(17)3-7-22(11-16)14-10-20-5-6-21-14/h5-6,10,13H,1-4,7-9,11-12H2/t16-/m0/s1. The lowest BCUT2D eigenvalue weighted by Crippen LogP contribution is -2.58. The van der Waals surface area contributed by atoms with Gasteiger partial charge in [-0.25, -0.2) is 13.8 Å². The SMILES string of the molecule is O=C(CC1CC1)N1CCC(F)(F)[C@]2(CCN(c3cnccn3)C2)C1. The van der Waals surface area contributed by atoms with E-state index < -0.39 is 11.3 Å². The lowest BCUT2D eigenvalue weighted by Gasteiger charge is -2.46. The number of rotatable bonds is 3. The smallest absolute Gasteiger partial charge is 0.258 e. The van der Waals surface area contributed by atoms with Gasteiger partial charge in [-0.3, -0.25) is 9.78 Å². The van der Waals surface area contributed by atoms with Gasteiger partial charge in [0.2, 0.25) is 5.91 Å². The molecule has 0 N–H and O–H groups in total. The van der Waals surface area contributed by atoms with Crippen molar-refractivity contribution in [1.29, 1.82) is 0 Å². The van der Waals surface area contributed by atoms with E-state index in [0.29, 0.717) is 31.1 Å². The maximum atomic E-state index is 14.8. The summed E-state index contributed by atoms with van der Waals surface area (Å²) in [7, 11) is 0. The van der Waals surface area contributed by atoms with Gasteiger partial charge in [-0.15, -0.1) is 0 Å². The van der Waals surface area contributed by atoms with Crippen LogP contribution in [0.4, 0.5) is 14.6 Å². The molecule has 1 atom stereocenters. The number of carbonyl (C=O) groups is 1. The number of nitrogens with zero attached hydrogens (tertiary/aromatic N) is 4. The van der Waals surface area contributed by atoms with E-state index in [9.17, 15) is 13.6 Å². The Hall–Kier alpha value is -1.79. The summed E-state index contributed by atoms with van der Waals surface area (Å²) in [5, 5.41) is 0. The second kappa shape index (κ2) is 5.63. The molecule has 7 heteroatoms. The molecule has 5 nitrogen and oxygen atoms in total. The monoisotopic (exact) mass is 336 g/mol. The van der Waals surface area contributed by atoms with E-state index in [4.69, 9.17) is 0 Å². The van der Waals surface area contributed by atoms with Crippen molar-refractivity contribution in [2.24, 2.45) is 11.3 Å². The highest BCUT2D eigenvalue weighted by Crippen LogP contribution is 2.50. The number of likely N-dealkylation sites (tertiary alicyclic amines) is 1. The van der Waals surface area contributed by atoms with Gasteiger partial charge in [-0.1, -0.05) is 0 Å². The van der Waals surface area contributed by atoms with Crippen molar-refractivity contribution in [2.45, 2.75) is 38.0 Å². The molecule has 1 amide bonds. The number of halogens is 2. The molecule has 1 aromatic rings. The highest BCUT2D eigenvalue weighted by Gasteiger charge is 2.60. The molecule has 1 aromatic heterocycles. The molecule has 3 fully saturated rings. The summed E-state index contributed by atoms with van der Waals surface area (Å²) in [6.45, 7) is 1.08. The van der Waals surface area contributed by atoms with Crippen LogP contribution in [-0.4, -0.2) is 52.9 Å². The molecule has 0 unspecified atom stereocenters. The second-order valence-corrected chi connectivity index (χ2v) is 7.43. The van der Waals surface area contributed by atoms with Gasteiger partial charge in [0.05, 0.1) is 11.6 Å². The molecule has 4 rings (SSSR count). The van der Waals surface area contributed by atoms with E-state index in [1.54, 1.807) is 23.5 Å². The van der Waals surface area contributed by atoms with Gasteiger partial charge >= 0.3 is 0 Å². The molecule has 2 saturated heterocycles. The maximum Gasteiger partial charge on any atom is 0.258 e. The van der Waals surface area contributed by atoms with Crippen LogP contribution in [0.5, 0.6) is 0 Å². The van der Waals surface area contributed by atoms with E-state index in [1.165, 1.54) is 0 Å². The third kappa shape index (κ3) is 2.74. The third-order valence-corrected chi connectivity index (χ3v) is 5.71. The van der Waals surface area contributed by atoms with E-state index in [-0.39, 0.29) is 32.0 Å². The Morgan fingerprint density at radius 1 is 1.21 bits per heavy atom. The van der Waals surface area contributed by atoms with Crippen molar-refractivity contribution in [2.75, 3.05) is 31.1 Å². The van der Waals surface area contributed by atoms with Crippen molar-refractivity contribution in [3.63, 3.8) is 0 Å². The molecule has 1 spiro atoms. The predicted molar refractivity (Wildman–Crippen MR) is 84.8 cm³/mol. The first-order valence-corrected chi connectivity index (χ1v) is 8.66. The average Bonchev–Trinajstić information content (AvgIpc) is 3.28. The summed E-state index contributed by atoms with van der Waals surface area (Å²) >= 11 is 0. The van der Waals surface area contributed by atoms with Gasteiger partial charge < -0.3 is 9.80 Å². The van der Waals surface area contributed by atoms with E-state index in [2.05, 4.69) is 9.97 Å². The van der Waals surface area contributed by atoms with Gasteiger partial charge in [0.1, 0.15) is 5.82 Å². The summed E-state index contributed by atoms with van der Waals surface area (Å²) in [5.74, 6) is -1.59. The second-order valence-electron chi connectivity index (χ2n) is 7.43. The lowest BCUT2D eigenvalue weighted by atomic mass is 9.75. The van der Waals surface area contributed by atoms with Gasteiger partial charge in [-0.05, 0) is 25.2 Å². The Kier molecular flexibility index (Phi) is 3.69. The number of alkyl halides is 2. The normalized spacial score (nSPS) is 29.2. The highest BCUT2D eigenvalue weighted by molar-refractivity contribution is 5.77. The molecule has 1 saturated carbocycles. The van der Waals surface area contributed by atoms with Crippen molar-refractivity contribution >= 4 is 11.7 Å². The molecular formula is C17H22F2N4O. The molecule has 3 aliphatic rings. The fourth-order valence-electron chi connectivity index (χ4n) is 3.96. The molecule has 24 heavy (non-hydrogen) atoms. The van der Waals surface area contributed by atoms with Crippen molar-refractivity contribution < 1.29 is 13.6 Å². The van der Waals surface area contributed by atoms with Crippen molar-refractivity contribution in [3.8, 4) is 0 Å².